The number of anilines is 1. The first kappa shape index (κ1) is 15.0. The molecule has 0 unspecified atom stereocenters. The minimum absolute atomic E-state index is 0.0135. The number of hydrogen-bond acceptors (Lipinski definition) is 5. The van der Waals surface area contributed by atoms with Crippen molar-refractivity contribution in [1.29, 1.82) is 0 Å². The van der Waals surface area contributed by atoms with Crippen molar-refractivity contribution in [3.05, 3.63) is 24.0 Å². The highest BCUT2D eigenvalue weighted by Gasteiger charge is 2.33. The molecular weight excluding hydrogens is 309 g/mol. The van der Waals surface area contributed by atoms with E-state index in [1.54, 1.807) is 0 Å². The molecule has 20 heavy (non-hydrogen) atoms. The first-order valence-corrected chi connectivity index (χ1v) is 9.27. The lowest BCUT2D eigenvalue weighted by Crippen LogP contribution is -2.36. The van der Waals surface area contributed by atoms with E-state index in [1.807, 2.05) is 0 Å². The maximum absolute atomic E-state index is 12.8. The molecule has 1 aromatic carbocycles. The van der Waals surface area contributed by atoms with Crippen molar-refractivity contribution < 1.29 is 26.3 Å². The Morgan fingerprint density at radius 3 is 2.40 bits per heavy atom. The maximum Gasteiger partial charge on any atom is 0.235 e. The van der Waals surface area contributed by atoms with Crippen LogP contribution < -0.4 is 4.72 Å². The zero-order valence-corrected chi connectivity index (χ0v) is 12.0. The van der Waals surface area contributed by atoms with Gasteiger partial charge in [-0.15, -0.1) is 0 Å². The molecule has 0 bridgehead atoms. The minimum atomic E-state index is -3.82. The summed E-state index contributed by atoms with van der Waals surface area (Å²) in [6, 6.07) is 2.92. The second-order valence-corrected chi connectivity index (χ2v) is 8.92. The van der Waals surface area contributed by atoms with Gasteiger partial charge in [-0.3, -0.25) is 4.72 Å². The van der Waals surface area contributed by atoms with E-state index in [9.17, 15) is 26.3 Å². The number of phenols is 1. The number of rotatable bonds is 3. The second-order valence-electron chi connectivity index (χ2n) is 4.66. The van der Waals surface area contributed by atoms with Gasteiger partial charge in [0.15, 0.2) is 0 Å². The molecule has 0 aromatic heterocycles. The number of sulfonamides is 1. The molecule has 1 heterocycles. The minimum Gasteiger partial charge on any atom is -0.506 e. The molecule has 1 fully saturated rings. The van der Waals surface area contributed by atoms with Crippen LogP contribution in [0, 0.1) is 5.82 Å². The molecule has 1 aliphatic heterocycles. The topological polar surface area (TPSA) is 101 Å². The van der Waals surface area contributed by atoms with Crippen LogP contribution in [0.1, 0.15) is 12.8 Å². The van der Waals surface area contributed by atoms with Crippen molar-refractivity contribution in [2.75, 3.05) is 16.2 Å². The molecule has 1 aliphatic rings. The fourth-order valence-electron chi connectivity index (χ4n) is 2.01. The largest absolute Gasteiger partial charge is 0.506 e. The van der Waals surface area contributed by atoms with E-state index in [2.05, 4.69) is 4.72 Å². The third-order valence-electron chi connectivity index (χ3n) is 3.15. The number of benzene rings is 1. The van der Waals surface area contributed by atoms with Crippen molar-refractivity contribution in [2.24, 2.45) is 0 Å². The first-order valence-electron chi connectivity index (χ1n) is 5.90. The highest BCUT2D eigenvalue weighted by atomic mass is 32.2. The van der Waals surface area contributed by atoms with E-state index >= 15 is 0 Å². The fourth-order valence-corrected chi connectivity index (χ4v) is 5.30. The Bertz CT molecular complexity index is 700. The quantitative estimate of drug-likeness (QED) is 0.803. The van der Waals surface area contributed by atoms with Crippen molar-refractivity contribution in [1.82, 2.24) is 0 Å². The van der Waals surface area contributed by atoms with Gasteiger partial charge >= 0.3 is 0 Å². The van der Waals surface area contributed by atoms with Crippen molar-refractivity contribution in [3.8, 4) is 5.75 Å². The van der Waals surface area contributed by atoms with Gasteiger partial charge < -0.3 is 5.11 Å². The van der Waals surface area contributed by atoms with Crippen LogP contribution in [0.2, 0.25) is 0 Å². The van der Waals surface area contributed by atoms with Gasteiger partial charge in [0.05, 0.1) is 22.4 Å². The summed E-state index contributed by atoms with van der Waals surface area (Å²) in [5.41, 5.74) is -0.125. The Hall–Kier alpha value is -1.35. The van der Waals surface area contributed by atoms with Gasteiger partial charge in [0, 0.05) is 6.07 Å². The Balaban J connectivity index is 2.16. The third kappa shape index (κ3) is 3.40. The summed E-state index contributed by atoms with van der Waals surface area (Å²) in [5.74, 6) is -1.55. The van der Waals surface area contributed by atoms with Crippen LogP contribution in [-0.2, 0) is 19.9 Å². The number of phenolic OH excluding ortho intramolecular Hbond substituents is 1. The van der Waals surface area contributed by atoms with E-state index in [4.69, 9.17) is 0 Å². The molecule has 0 radical (unpaired) electrons. The number of hydrogen-bond donors (Lipinski definition) is 2. The van der Waals surface area contributed by atoms with E-state index < -0.39 is 36.7 Å². The van der Waals surface area contributed by atoms with Crippen LogP contribution in [0.3, 0.4) is 0 Å². The number of sulfone groups is 1. The van der Waals surface area contributed by atoms with Gasteiger partial charge in [-0.05, 0) is 25.0 Å². The van der Waals surface area contributed by atoms with E-state index in [-0.39, 0.29) is 30.0 Å². The molecular formula is C11H14FNO5S2. The molecule has 0 atom stereocenters. The van der Waals surface area contributed by atoms with Crippen molar-refractivity contribution in [3.63, 3.8) is 0 Å². The van der Waals surface area contributed by atoms with E-state index in [0.717, 1.165) is 18.2 Å². The summed E-state index contributed by atoms with van der Waals surface area (Å²) < 4.78 is 61.7. The lowest BCUT2D eigenvalue weighted by molar-refractivity contribution is 0.471. The standard InChI is InChI=1S/C11H14FNO5S2/c12-8-1-2-10(11(14)7-8)13-20(17,18)9-3-5-19(15,16)6-4-9/h1-2,7,9,13-14H,3-6H2. The van der Waals surface area contributed by atoms with Crippen LogP contribution in [0.5, 0.6) is 5.75 Å². The number of halogens is 1. The fraction of sp³-hybridized carbons (Fsp3) is 0.455. The smallest absolute Gasteiger partial charge is 0.235 e. The van der Waals surface area contributed by atoms with Gasteiger partial charge in [-0.1, -0.05) is 0 Å². The van der Waals surface area contributed by atoms with Gasteiger partial charge in [-0.2, -0.15) is 0 Å². The zero-order valence-electron chi connectivity index (χ0n) is 10.4. The average molecular weight is 323 g/mol. The van der Waals surface area contributed by atoms with Crippen LogP contribution in [0.4, 0.5) is 10.1 Å². The SMILES string of the molecule is O=S1(=O)CCC(S(=O)(=O)Nc2ccc(F)cc2O)CC1. The summed E-state index contributed by atoms with van der Waals surface area (Å²) in [4.78, 5) is 0. The lowest BCUT2D eigenvalue weighted by Gasteiger charge is -2.22. The number of nitrogens with one attached hydrogen (secondary N) is 1. The summed E-state index contributed by atoms with van der Waals surface area (Å²) >= 11 is 0. The first-order chi connectivity index (χ1) is 9.20. The van der Waals surface area contributed by atoms with Crippen molar-refractivity contribution >= 4 is 25.5 Å². The molecule has 2 N–H and O–H groups in total. The molecule has 1 aromatic rings. The summed E-state index contributed by atoms with van der Waals surface area (Å²) in [6.45, 7) is 0. The van der Waals surface area contributed by atoms with Crippen molar-refractivity contribution in [2.45, 2.75) is 18.1 Å². The molecule has 9 heteroatoms. The molecule has 0 spiro atoms. The highest BCUT2D eigenvalue weighted by molar-refractivity contribution is 7.94. The van der Waals surface area contributed by atoms with Crippen LogP contribution in [0.25, 0.3) is 0 Å². The zero-order chi connectivity index (χ0) is 15.0. The van der Waals surface area contributed by atoms with Gasteiger partial charge in [0.25, 0.3) is 0 Å². The summed E-state index contributed by atoms with van der Waals surface area (Å²) in [5, 5.41) is 8.64. The molecule has 0 saturated carbocycles. The Kier molecular flexibility index (Phi) is 3.92. The Morgan fingerprint density at radius 1 is 1.25 bits per heavy atom. The predicted octanol–water partition coefficient (Wildman–Crippen LogP) is 0.850. The van der Waals surface area contributed by atoms with Crippen LogP contribution in [-0.4, -0.2) is 38.7 Å². The highest BCUT2D eigenvalue weighted by Crippen LogP contribution is 2.27. The molecule has 112 valence electrons. The predicted molar refractivity (Wildman–Crippen MR) is 72.3 cm³/mol. The van der Waals surface area contributed by atoms with Gasteiger partial charge in [0.2, 0.25) is 10.0 Å². The van der Waals surface area contributed by atoms with Gasteiger partial charge in [-0.25, -0.2) is 21.2 Å². The Labute approximate surface area is 116 Å². The second kappa shape index (κ2) is 5.21. The monoisotopic (exact) mass is 323 g/mol. The summed E-state index contributed by atoms with van der Waals surface area (Å²) in [7, 11) is -6.97. The molecule has 1 saturated heterocycles. The normalized spacial score (nSPS) is 19.6. The van der Waals surface area contributed by atoms with Crippen LogP contribution in [0.15, 0.2) is 18.2 Å². The van der Waals surface area contributed by atoms with Gasteiger partial charge in [0.1, 0.15) is 21.4 Å². The molecule has 0 aliphatic carbocycles. The summed E-state index contributed by atoms with van der Waals surface area (Å²) in [6.07, 6.45) is 0.0270. The lowest BCUT2D eigenvalue weighted by atomic mass is 10.2. The van der Waals surface area contributed by atoms with E-state index in [0.29, 0.717) is 0 Å². The third-order valence-corrected chi connectivity index (χ3v) is 6.72. The average Bonchev–Trinajstić information content (AvgIpc) is 2.32. The molecule has 2 rings (SSSR count). The van der Waals surface area contributed by atoms with E-state index in [1.165, 1.54) is 0 Å². The number of aromatic hydroxyl groups is 1. The maximum atomic E-state index is 12.8. The Morgan fingerprint density at radius 2 is 1.85 bits per heavy atom. The molecule has 6 nitrogen and oxygen atoms in total. The van der Waals surface area contributed by atoms with Crippen LogP contribution >= 0.6 is 0 Å². The molecule has 0 amide bonds.